The Labute approximate surface area is 104 Å². The number of nitrogens with two attached hydrogens (primary N) is 1. The van der Waals surface area contributed by atoms with Crippen molar-refractivity contribution in [1.82, 2.24) is 5.32 Å². The number of carbonyl (C=O) groups excluding carboxylic acids is 1. The van der Waals surface area contributed by atoms with Gasteiger partial charge in [-0.2, -0.15) is 0 Å². The molecule has 0 aromatic carbocycles. The molecule has 0 aromatic heterocycles. The van der Waals surface area contributed by atoms with Crippen molar-refractivity contribution in [3.8, 4) is 0 Å². The molecule has 0 bridgehead atoms. The molecule has 4 heteroatoms. The van der Waals surface area contributed by atoms with Crippen LogP contribution in [0.3, 0.4) is 0 Å². The van der Waals surface area contributed by atoms with Crippen LogP contribution in [-0.4, -0.2) is 29.7 Å². The first kappa shape index (κ1) is 16.1. The number of aliphatic hydroxyl groups excluding tert-OH is 1. The molecule has 4 N–H and O–H groups in total. The molecule has 0 spiro atoms. The highest BCUT2D eigenvalue weighted by atomic mass is 16.3. The summed E-state index contributed by atoms with van der Waals surface area (Å²) in [6.07, 6.45) is 2.79. The minimum absolute atomic E-state index is 0.186. The van der Waals surface area contributed by atoms with E-state index < -0.39 is 6.10 Å². The van der Waals surface area contributed by atoms with E-state index in [-0.39, 0.29) is 11.9 Å². The summed E-state index contributed by atoms with van der Waals surface area (Å²) >= 11 is 0. The highest BCUT2D eigenvalue weighted by molar-refractivity contribution is 5.87. The number of nitrogens with one attached hydrogen (secondary N) is 1. The van der Waals surface area contributed by atoms with Crippen molar-refractivity contribution in [1.29, 1.82) is 0 Å². The van der Waals surface area contributed by atoms with Crippen LogP contribution in [0.25, 0.3) is 0 Å². The van der Waals surface area contributed by atoms with E-state index in [2.05, 4.69) is 5.32 Å². The summed E-state index contributed by atoms with van der Waals surface area (Å²) in [5.74, 6) is 0.665. The van der Waals surface area contributed by atoms with Crippen molar-refractivity contribution in [3.63, 3.8) is 0 Å². The number of aliphatic hydroxyl groups is 1. The van der Waals surface area contributed by atoms with Gasteiger partial charge in [-0.1, -0.05) is 27.7 Å². The maximum atomic E-state index is 11.3. The van der Waals surface area contributed by atoms with Crippen LogP contribution in [-0.2, 0) is 4.79 Å². The second-order valence-electron chi connectivity index (χ2n) is 5.28. The van der Waals surface area contributed by atoms with Crippen LogP contribution < -0.4 is 11.1 Å². The number of carbonyl (C=O) groups is 1. The molecule has 0 saturated carbocycles. The van der Waals surface area contributed by atoms with Crippen molar-refractivity contribution in [2.24, 2.45) is 17.6 Å². The maximum Gasteiger partial charge on any atom is 0.243 e. The van der Waals surface area contributed by atoms with Gasteiger partial charge in [-0.05, 0) is 24.3 Å². The topological polar surface area (TPSA) is 75.3 Å². The Morgan fingerprint density at radius 1 is 1.29 bits per heavy atom. The first-order chi connectivity index (χ1) is 7.82. The molecule has 0 saturated heterocycles. The normalized spacial score (nSPS) is 15.5. The summed E-state index contributed by atoms with van der Waals surface area (Å²) in [7, 11) is 0. The monoisotopic (exact) mass is 242 g/mol. The molecule has 17 heavy (non-hydrogen) atoms. The van der Waals surface area contributed by atoms with Gasteiger partial charge in [0.15, 0.2) is 0 Å². The Bertz CT molecular complexity index is 250. The fourth-order valence-electron chi connectivity index (χ4n) is 1.38. The van der Waals surface area contributed by atoms with Crippen molar-refractivity contribution < 1.29 is 9.90 Å². The van der Waals surface area contributed by atoms with E-state index in [1.54, 1.807) is 0 Å². The van der Waals surface area contributed by atoms with Crippen LogP contribution in [0.4, 0.5) is 0 Å². The van der Waals surface area contributed by atoms with Crippen molar-refractivity contribution in [2.45, 2.75) is 46.3 Å². The van der Waals surface area contributed by atoms with Crippen LogP contribution in [0.2, 0.25) is 0 Å². The van der Waals surface area contributed by atoms with Crippen LogP contribution in [0.15, 0.2) is 12.2 Å². The molecule has 2 atom stereocenters. The van der Waals surface area contributed by atoms with Gasteiger partial charge < -0.3 is 16.2 Å². The van der Waals surface area contributed by atoms with Gasteiger partial charge in [0.2, 0.25) is 5.91 Å². The lowest BCUT2D eigenvalue weighted by molar-refractivity contribution is -0.116. The lowest BCUT2D eigenvalue weighted by Crippen LogP contribution is -2.35. The Hall–Kier alpha value is -0.870. The molecule has 0 radical (unpaired) electrons. The van der Waals surface area contributed by atoms with E-state index in [1.165, 1.54) is 12.2 Å². The third kappa shape index (κ3) is 8.89. The van der Waals surface area contributed by atoms with E-state index in [0.717, 1.165) is 6.42 Å². The van der Waals surface area contributed by atoms with Gasteiger partial charge in [-0.3, -0.25) is 4.79 Å². The highest BCUT2D eigenvalue weighted by Gasteiger charge is 2.13. The average molecular weight is 242 g/mol. The SMILES string of the molecule is CC(C)CNC(=O)/C=C/[C@H](O)[C@@H](N)CC(C)C. The number of rotatable bonds is 7. The molecule has 0 aliphatic rings. The first-order valence-corrected chi connectivity index (χ1v) is 6.22. The summed E-state index contributed by atoms with van der Waals surface area (Å²) in [6, 6.07) is -0.316. The summed E-state index contributed by atoms with van der Waals surface area (Å²) in [5.41, 5.74) is 5.79. The van der Waals surface area contributed by atoms with Crippen LogP contribution in [0, 0.1) is 11.8 Å². The van der Waals surface area contributed by atoms with E-state index >= 15 is 0 Å². The standard InChI is InChI=1S/C13H26N2O2/c1-9(2)7-11(14)12(16)5-6-13(17)15-8-10(3)4/h5-6,9-12,16H,7-8,14H2,1-4H3,(H,15,17)/b6-5+/t11-,12-/m0/s1. The lowest BCUT2D eigenvalue weighted by Gasteiger charge is -2.17. The average Bonchev–Trinajstić information content (AvgIpc) is 2.21. The van der Waals surface area contributed by atoms with Gasteiger partial charge in [0.1, 0.15) is 0 Å². The predicted molar refractivity (Wildman–Crippen MR) is 70.4 cm³/mol. The van der Waals surface area contributed by atoms with Crippen LogP contribution in [0.5, 0.6) is 0 Å². The fourth-order valence-corrected chi connectivity index (χ4v) is 1.38. The van der Waals surface area contributed by atoms with Gasteiger partial charge in [0.25, 0.3) is 0 Å². The molecule has 100 valence electrons. The molecule has 4 nitrogen and oxygen atoms in total. The molecule has 0 heterocycles. The molecule has 0 aliphatic carbocycles. The van der Waals surface area contributed by atoms with Crippen molar-refractivity contribution >= 4 is 5.91 Å². The Morgan fingerprint density at radius 3 is 2.35 bits per heavy atom. The van der Waals surface area contributed by atoms with E-state index in [1.807, 2.05) is 27.7 Å². The molecular formula is C13H26N2O2. The second kappa shape index (κ2) is 8.25. The third-order valence-corrected chi connectivity index (χ3v) is 2.31. The Morgan fingerprint density at radius 2 is 1.88 bits per heavy atom. The summed E-state index contributed by atoms with van der Waals surface area (Å²) in [6.45, 7) is 8.78. The molecule has 0 fully saturated rings. The molecule has 0 unspecified atom stereocenters. The van der Waals surface area contributed by atoms with E-state index in [0.29, 0.717) is 18.4 Å². The molecular weight excluding hydrogens is 216 g/mol. The summed E-state index contributed by atoms with van der Waals surface area (Å²) in [5, 5.41) is 12.4. The molecule has 0 rings (SSSR count). The van der Waals surface area contributed by atoms with Gasteiger partial charge >= 0.3 is 0 Å². The second-order valence-corrected chi connectivity index (χ2v) is 5.28. The predicted octanol–water partition coefficient (Wildman–Crippen LogP) is 1.05. The number of hydrogen-bond donors (Lipinski definition) is 3. The van der Waals surface area contributed by atoms with E-state index in [9.17, 15) is 9.90 Å². The number of hydrogen-bond acceptors (Lipinski definition) is 3. The molecule has 0 aliphatic heterocycles. The molecule has 1 amide bonds. The highest BCUT2D eigenvalue weighted by Crippen LogP contribution is 2.06. The van der Waals surface area contributed by atoms with E-state index in [4.69, 9.17) is 5.73 Å². The van der Waals surface area contributed by atoms with Gasteiger partial charge in [-0.25, -0.2) is 0 Å². The van der Waals surface area contributed by atoms with Crippen LogP contribution >= 0.6 is 0 Å². The van der Waals surface area contributed by atoms with Gasteiger partial charge in [0, 0.05) is 18.7 Å². The smallest absolute Gasteiger partial charge is 0.243 e. The fraction of sp³-hybridized carbons (Fsp3) is 0.769. The van der Waals surface area contributed by atoms with Crippen molar-refractivity contribution in [2.75, 3.05) is 6.54 Å². The molecule has 0 aromatic rings. The zero-order valence-corrected chi connectivity index (χ0v) is 11.3. The van der Waals surface area contributed by atoms with Gasteiger partial charge in [-0.15, -0.1) is 0 Å². The Balaban J connectivity index is 4.00. The largest absolute Gasteiger partial charge is 0.387 e. The first-order valence-electron chi connectivity index (χ1n) is 6.22. The van der Waals surface area contributed by atoms with Gasteiger partial charge in [0.05, 0.1) is 6.10 Å². The lowest BCUT2D eigenvalue weighted by atomic mass is 10.00. The quantitative estimate of drug-likeness (QED) is 0.584. The zero-order valence-electron chi connectivity index (χ0n) is 11.3. The zero-order chi connectivity index (χ0) is 13.4. The van der Waals surface area contributed by atoms with Crippen molar-refractivity contribution in [3.05, 3.63) is 12.2 Å². The Kier molecular flexibility index (Phi) is 7.83. The summed E-state index contributed by atoms with van der Waals surface area (Å²) in [4.78, 5) is 11.3. The third-order valence-electron chi connectivity index (χ3n) is 2.31. The minimum atomic E-state index is -0.762. The minimum Gasteiger partial charge on any atom is -0.387 e. The number of amides is 1. The summed E-state index contributed by atoms with van der Waals surface area (Å²) < 4.78 is 0. The maximum absolute atomic E-state index is 11.3. The van der Waals surface area contributed by atoms with Crippen LogP contribution in [0.1, 0.15) is 34.1 Å².